The molecular weight excluding hydrogens is 574 g/mol. The largest absolute Gasteiger partial charge is 0.439 e. The number of pyridine rings is 1. The molecule has 0 spiro atoms. The first-order valence-corrected chi connectivity index (χ1v) is 15.8. The summed E-state index contributed by atoms with van der Waals surface area (Å²) in [6.45, 7) is 2.42. The van der Waals surface area contributed by atoms with Gasteiger partial charge in [-0.3, -0.25) is 14.5 Å². The van der Waals surface area contributed by atoms with Crippen molar-refractivity contribution in [2.75, 3.05) is 34.3 Å². The van der Waals surface area contributed by atoms with Gasteiger partial charge in [0.1, 0.15) is 5.75 Å². The number of aromatic nitrogens is 1. The predicted octanol–water partition coefficient (Wildman–Crippen LogP) is 6.60. The van der Waals surface area contributed by atoms with Crippen LogP contribution in [0.1, 0.15) is 18.4 Å². The highest BCUT2D eigenvalue weighted by Gasteiger charge is 2.29. The number of ether oxygens (including phenoxy) is 1. The molecule has 5 rings (SSSR count). The van der Waals surface area contributed by atoms with Crippen molar-refractivity contribution in [3.05, 3.63) is 108 Å². The molecule has 11 heteroatoms. The Morgan fingerprint density at radius 1 is 0.976 bits per heavy atom. The maximum atomic E-state index is 13.4. The van der Waals surface area contributed by atoms with Crippen molar-refractivity contribution < 1.29 is 17.9 Å². The van der Waals surface area contributed by atoms with Gasteiger partial charge in [-0.2, -0.15) is 0 Å². The molecule has 1 aromatic heterocycles. The van der Waals surface area contributed by atoms with Crippen molar-refractivity contribution in [3.8, 4) is 11.6 Å². The number of anilines is 3. The van der Waals surface area contributed by atoms with Gasteiger partial charge in [-0.15, -0.1) is 0 Å². The van der Waals surface area contributed by atoms with Crippen LogP contribution in [-0.2, 0) is 16.6 Å². The minimum Gasteiger partial charge on any atom is -0.439 e. The molecule has 1 aliphatic heterocycles. The molecule has 1 aliphatic rings. The molecule has 2 heterocycles. The number of piperidine rings is 1. The Balaban J connectivity index is 1.16. The second-order valence-electron chi connectivity index (χ2n) is 10.2. The molecule has 2 amide bonds. The summed E-state index contributed by atoms with van der Waals surface area (Å²) in [5.41, 5.74) is 3.04. The second kappa shape index (κ2) is 13.2. The lowest BCUT2D eigenvalue weighted by Gasteiger charge is -2.38. The van der Waals surface area contributed by atoms with Crippen LogP contribution < -0.4 is 19.7 Å². The Hall–Kier alpha value is -4.12. The first-order chi connectivity index (χ1) is 20.2. The van der Waals surface area contributed by atoms with Gasteiger partial charge in [-0.1, -0.05) is 41.9 Å². The monoisotopic (exact) mass is 605 g/mol. The molecule has 4 aromatic rings. The van der Waals surface area contributed by atoms with Crippen LogP contribution in [0.25, 0.3) is 0 Å². The van der Waals surface area contributed by atoms with Crippen LogP contribution in [0.3, 0.4) is 0 Å². The zero-order valence-corrected chi connectivity index (χ0v) is 24.7. The molecule has 0 radical (unpaired) electrons. The molecule has 2 N–H and O–H groups in total. The van der Waals surface area contributed by atoms with Gasteiger partial charge in [0.15, 0.2) is 0 Å². The molecule has 9 nitrogen and oxygen atoms in total. The summed E-state index contributed by atoms with van der Waals surface area (Å²) in [6, 6.07) is 27.2. The number of sulfonamides is 1. The van der Waals surface area contributed by atoms with Crippen molar-refractivity contribution in [2.45, 2.75) is 25.4 Å². The van der Waals surface area contributed by atoms with Crippen LogP contribution in [0.4, 0.5) is 21.9 Å². The number of rotatable bonds is 9. The Labute approximate surface area is 251 Å². The first kappa shape index (κ1) is 29.4. The minimum absolute atomic E-state index is 0.0516. The molecule has 0 saturated carbocycles. The van der Waals surface area contributed by atoms with Crippen LogP contribution in [0, 0.1) is 0 Å². The molecule has 218 valence electrons. The summed E-state index contributed by atoms with van der Waals surface area (Å²) in [7, 11) is -3.33. The lowest BCUT2D eigenvalue weighted by molar-refractivity contribution is 0.199. The number of hydrogen-bond acceptors (Lipinski definition) is 6. The third-order valence-electron chi connectivity index (χ3n) is 6.84. The van der Waals surface area contributed by atoms with Crippen LogP contribution in [0.15, 0.2) is 97.2 Å². The van der Waals surface area contributed by atoms with Crippen molar-refractivity contribution in [1.29, 1.82) is 0 Å². The lowest BCUT2D eigenvalue weighted by Crippen LogP contribution is -2.49. The average Bonchev–Trinajstić information content (AvgIpc) is 2.96. The minimum atomic E-state index is -3.33. The Kier molecular flexibility index (Phi) is 9.26. The van der Waals surface area contributed by atoms with Crippen molar-refractivity contribution in [2.24, 2.45) is 0 Å². The summed E-state index contributed by atoms with van der Waals surface area (Å²) in [4.78, 5) is 22.1. The van der Waals surface area contributed by atoms with E-state index < -0.39 is 10.0 Å². The van der Waals surface area contributed by atoms with E-state index in [1.807, 2.05) is 59.5 Å². The number of nitrogens with one attached hydrogen (secondary N) is 2. The number of amides is 2. The van der Waals surface area contributed by atoms with Gasteiger partial charge < -0.3 is 10.1 Å². The van der Waals surface area contributed by atoms with E-state index in [9.17, 15) is 13.2 Å². The highest BCUT2D eigenvalue weighted by Crippen LogP contribution is 2.27. The third-order valence-corrected chi connectivity index (χ3v) is 7.68. The fourth-order valence-corrected chi connectivity index (χ4v) is 5.67. The maximum Gasteiger partial charge on any atom is 0.326 e. The predicted molar refractivity (Wildman–Crippen MR) is 167 cm³/mol. The Morgan fingerprint density at radius 2 is 1.71 bits per heavy atom. The lowest BCUT2D eigenvalue weighted by atomic mass is 10.0. The summed E-state index contributed by atoms with van der Waals surface area (Å²) >= 11 is 6.12. The van der Waals surface area contributed by atoms with Gasteiger partial charge in [0, 0.05) is 60.0 Å². The van der Waals surface area contributed by atoms with E-state index in [4.69, 9.17) is 16.3 Å². The topological polar surface area (TPSA) is 104 Å². The summed E-state index contributed by atoms with van der Waals surface area (Å²) in [5.74, 6) is 1.00. The van der Waals surface area contributed by atoms with Gasteiger partial charge in [-0.05, 0) is 73.0 Å². The molecule has 0 bridgehead atoms. The SMILES string of the molecule is CS(=O)(=O)Nc1ccc(Oc2ccc(CN3CCC(N(C(=O)Nc4cccc(Cl)c4)c4ccccc4)CC3)cn2)cc1. The fourth-order valence-electron chi connectivity index (χ4n) is 4.92. The van der Waals surface area contributed by atoms with Crippen LogP contribution >= 0.6 is 11.6 Å². The standard InChI is InChI=1S/C31H32ClN5O4S/c1-42(39,40)35-25-11-13-29(14-12-25)41-30-15-10-23(21-33-30)22-36-18-16-28(17-19-36)37(27-8-3-2-4-9-27)31(38)34-26-7-5-6-24(32)20-26/h2-15,20-21,28,35H,16-19,22H2,1H3,(H,34,38). The molecule has 1 fully saturated rings. The molecule has 0 aliphatic carbocycles. The molecular formula is C31H32ClN5O4S. The van der Waals surface area contributed by atoms with Gasteiger partial charge in [0.25, 0.3) is 0 Å². The normalized spacial score (nSPS) is 14.2. The van der Waals surface area contributed by atoms with E-state index in [0.717, 1.165) is 50.0 Å². The molecule has 3 aromatic carbocycles. The van der Waals surface area contributed by atoms with E-state index in [2.05, 4.69) is 19.9 Å². The molecule has 0 atom stereocenters. The number of benzene rings is 3. The number of likely N-dealkylation sites (tertiary alicyclic amines) is 1. The number of nitrogens with zero attached hydrogens (tertiary/aromatic N) is 3. The molecule has 0 unspecified atom stereocenters. The smallest absolute Gasteiger partial charge is 0.326 e. The van der Waals surface area contributed by atoms with Crippen molar-refractivity contribution >= 4 is 44.7 Å². The molecule has 42 heavy (non-hydrogen) atoms. The van der Waals surface area contributed by atoms with E-state index >= 15 is 0 Å². The van der Waals surface area contributed by atoms with Crippen LogP contribution in [-0.4, -0.2) is 49.7 Å². The highest BCUT2D eigenvalue weighted by atomic mass is 35.5. The fraction of sp³-hybridized carbons (Fsp3) is 0.226. The van der Waals surface area contributed by atoms with Gasteiger partial charge in [-0.25, -0.2) is 18.2 Å². The summed E-state index contributed by atoms with van der Waals surface area (Å²) in [6.07, 6.45) is 4.57. The average molecular weight is 606 g/mol. The van der Waals surface area contributed by atoms with E-state index in [-0.39, 0.29) is 12.1 Å². The quantitative estimate of drug-likeness (QED) is 0.223. The van der Waals surface area contributed by atoms with Crippen molar-refractivity contribution in [3.63, 3.8) is 0 Å². The molecule has 1 saturated heterocycles. The first-order valence-electron chi connectivity index (χ1n) is 13.6. The Bertz CT molecular complexity index is 1590. The number of hydrogen-bond donors (Lipinski definition) is 2. The number of carbonyl (C=O) groups excluding carboxylic acids is 1. The summed E-state index contributed by atoms with van der Waals surface area (Å²) < 4.78 is 31.0. The van der Waals surface area contributed by atoms with Crippen LogP contribution in [0.5, 0.6) is 11.6 Å². The number of halogens is 1. The van der Waals surface area contributed by atoms with E-state index in [1.54, 1.807) is 42.6 Å². The van der Waals surface area contributed by atoms with Crippen LogP contribution in [0.2, 0.25) is 5.02 Å². The zero-order valence-electron chi connectivity index (χ0n) is 23.1. The number of carbonyl (C=O) groups is 1. The zero-order chi connectivity index (χ0) is 29.5. The van der Waals surface area contributed by atoms with E-state index in [1.165, 1.54) is 0 Å². The van der Waals surface area contributed by atoms with Gasteiger partial charge in [0.2, 0.25) is 15.9 Å². The highest BCUT2D eigenvalue weighted by molar-refractivity contribution is 7.92. The second-order valence-corrected chi connectivity index (χ2v) is 12.3. The Morgan fingerprint density at radius 3 is 2.36 bits per heavy atom. The number of para-hydroxylation sites is 1. The third kappa shape index (κ3) is 8.22. The number of urea groups is 1. The van der Waals surface area contributed by atoms with Crippen molar-refractivity contribution in [1.82, 2.24) is 9.88 Å². The van der Waals surface area contributed by atoms with Gasteiger partial charge >= 0.3 is 6.03 Å². The maximum absolute atomic E-state index is 13.4. The van der Waals surface area contributed by atoms with Gasteiger partial charge in [0.05, 0.1) is 6.26 Å². The summed E-state index contributed by atoms with van der Waals surface area (Å²) in [5, 5.41) is 3.57. The van der Waals surface area contributed by atoms with E-state index in [0.29, 0.717) is 28.0 Å².